The van der Waals surface area contributed by atoms with Crippen molar-refractivity contribution in [1.82, 2.24) is 5.32 Å². The van der Waals surface area contributed by atoms with Crippen LogP contribution in [0.3, 0.4) is 0 Å². The fourth-order valence-corrected chi connectivity index (χ4v) is 2.16. The van der Waals surface area contributed by atoms with Gasteiger partial charge in [0, 0.05) is 13.2 Å². The first-order chi connectivity index (χ1) is 7.19. The summed E-state index contributed by atoms with van der Waals surface area (Å²) in [4.78, 5) is 0. The van der Waals surface area contributed by atoms with Gasteiger partial charge in [-0.1, -0.05) is 33.6 Å². The van der Waals surface area contributed by atoms with E-state index in [0.717, 1.165) is 18.9 Å². The summed E-state index contributed by atoms with van der Waals surface area (Å²) in [6.45, 7) is 9.99. The van der Waals surface area contributed by atoms with E-state index in [-0.39, 0.29) is 0 Å². The number of hydrogen-bond donors (Lipinski definition) is 1. The second-order valence-corrected chi connectivity index (χ2v) is 4.36. The van der Waals surface area contributed by atoms with E-state index in [2.05, 4.69) is 33.0 Å². The maximum absolute atomic E-state index is 5.30. The smallest absolute Gasteiger partial charge is 0.0543 e. The average Bonchev–Trinajstić information content (AvgIpc) is 2.26. The summed E-state index contributed by atoms with van der Waals surface area (Å²) in [6, 6.07) is 0.669. The molecule has 0 rings (SSSR count). The van der Waals surface area contributed by atoms with Gasteiger partial charge >= 0.3 is 0 Å². The molecule has 2 atom stereocenters. The van der Waals surface area contributed by atoms with Crippen molar-refractivity contribution in [3.8, 4) is 0 Å². The van der Waals surface area contributed by atoms with Gasteiger partial charge in [-0.2, -0.15) is 0 Å². The van der Waals surface area contributed by atoms with Crippen LogP contribution >= 0.6 is 0 Å². The standard InChI is InChI=1S/C13H29NO/c1-6-12(7-2)13(14-8-3)10-9-11(4)15-5/h11-14H,6-10H2,1-5H3. The van der Waals surface area contributed by atoms with Crippen molar-refractivity contribution >= 4 is 0 Å². The Balaban J connectivity index is 4.01. The third kappa shape index (κ3) is 6.16. The minimum absolute atomic E-state index is 0.389. The first-order valence-corrected chi connectivity index (χ1v) is 6.45. The molecule has 0 aromatic rings. The minimum atomic E-state index is 0.389. The van der Waals surface area contributed by atoms with Crippen molar-refractivity contribution < 1.29 is 4.74 Å². The molecule has 0 saturated heterocycles. The zero-order valence-electron chi connectivity index (χ0n) is 11.2. The molecule has 0 aliphatic heterocycles. The fraction of sp³-hybridized carbons (Fsp3) is 1.00. The van der Waals surface area contributed by atoms with Gasteiger partial charge in [0.25, 0.3) is 0 Å². The highest BCUT2D eigenvalue weighted by Crippen LogP contribution is 2.18. The number of ether oxygens (including phenoxy) is 1. The summed E-state index contributed by atoms with van der Waals surface area (Å²) >= 11 is 0. The third-order valence-electron chi connectivity index (χ3n) is 3.37. The number of rotatable bonds is 9. The Bertz CT molecular complexity index is 134. The molecule has 0 fully saturated rings. The molecule has 1 N–H and O–H groups in total. The Kier molecular flexibility index (Phi) is 9.12. The van der Waals surface area contributed by atoms with Crippen LogP contribution in [0.4, 0.5) is 0 Å². The first-order valence-electron chi connectivity index (χ1n) is 6.45. The van der Waals surface area contributed by atoms with Gasteiger partial charge in [-0.15, -0.1) is 0 Å². The second-order valence-electron chi connectivity index (χ2n) is 4.36. The van der Waals surface area contributed by atoms with Gasteiger partial charge in [0.1, 0.15) is 0 Å². The number of hydrogen-bond acceptors (Lipinski definition) is 2. The topological polar surface area (TPSA) is 21.3 Å². The lowest BCUT2D eigenvalue weighted by Crippen LogP contribution is -2.36. The van der Waals surface area contributed by atoms with Crippen LogP contribution in [0.1, 0.15) is 53.4 Å². The summed E-state index contributed by atoms with van der Waals surface area (Å²) in [5.74, 6) is 0.814. The first kappa shape index (κ1) is 14.9. The van der Waals surface area contributed by atoms with E-state index >= 15 is 0 Å². The van der Waals surface area contributed by atoms with Gasteiger partial charge in [0.05, 0.1) is 6.10 Å². The summed E-state index contributed by atoms with van der Waals surface area (Å²) in [5.41, 5.74) is 0. The van der Waals surface area contributed by atoms with Gasteiger partial charge in [-0.3, -0.25) is 0 Å². The quantitative estimate of drug-likeness (QED) is 0.637. The summed E-state index contributed by atoms with van der Waals surface area (Å²) in [6.07, 6.45) is 5.32. The van der Waals surface area contributed by atoms with Crippen molar-refractivity contribution in [3.05, 3.63) is 0 Å². The van der Waals surface area contributed by atoms with Gasteiger partial charge < -0.3 is 10.1 Å². The van der Waals surface area contributed by atoms with Crippen molar-refractivity contribution in [2.75, 3.05) is 13.7 Å². The molecule has 0 bridgehead atoms. The van der Waals surface area contributed by atoms with Gasteiger partial charge in [0.15, 0.2) is 0 Å². The number of methoxy groups -OCH3 is 1. The van der Waals surface area contributed by atoms with Crippen LogP contribution in [0.25, 0.3) is 0 Å². The molecule has 2 nitrogen and oxygen atoms in total. The molecular weight excluding hydrogens is 186 g/mol. The summed E-state index contributed by atoms with van der Waals surface area (Å²) in [7, 11) is 1.80. The molecule has 0 aromatic carbocycles. The van der Waals surface area contributed by atoms with Crippen molar-refractivity contribution in [2.45, 2.75) is 65.5 Å². The lowest BCUT2D eigenvalue weighted by molar-refractivity contribution is 0.103. The molecule has 15 heavy (non-hydrogen) atoms. The summed E-state index contributed by atoms with van der Waals surface area (Å²) < 4.78 is 5.30. The monoisotopic (exact) mass is 215 g/mol. The molecule has 2 unspecified atom stereocenters. The van der Waals surface area contributed by atoms with E-state index in [1.807, 2.05) is 0 Å². The Labute approximate surface area is 95.8 Å². The van der Waals surface area contributed by atoms with Gasteiger partial charge in [0.2, 0.25) is 0 Å². The van der Waals surface area contributed by atoms with E-state index in [0.29, 0.717) is 12.1 Å². The molecule has 0 spiro atoms. The molecule has 0 amide bonds. The van der Waals surface area contributed by atoms with E-state index < -0.39 is 0 Å². The predicted octanol–water partition coefficient (Wildman–Crippen LogP) is 3.22. The highest BCUT2D eigenvalue weighted by molar-refractivity contribution is 4.75. The normalized spacial score (nSPS) is 15.6. The molecule has 0 saturated carbocycles. The lowest BCUT2D eigenvalue weighted by Gasteiger charge is -2.27. The Morgan fingerprint density at radius 1 is 1.07 bits per heavy atom. The van der Waals surface area contributed by atoms with Gasteiger partial charge in [-0.05, 0) is 32.2 Å². The van der Waals surface area contributed by atoms with Crippen molar-refractivity contribution in [2.24, 2.45) is 5.92 Å². The Hall–Kier alpha value is -0.0800. The van der Waals surface area contributed by atoms with Crippen molar-refractivity contribution in [1.29, 1.82) is 0 Å². The van der Waals surface area contributed by atoms with E-state index in [1.165, 1.54) is 19.3 Å². The van der Waals surface area contributed by atoms with Crippen LogP contribution in [-0.2, 0) is 4.74 Å². The zero-order valence-corrected chi connectivity index (χ0v) is 11.2. The molecular formula is C13H29NO. The van der Waals surface area contributed by atoms with Crippen LogP contribution in [0.5, 0.6) is 0 Å². The SMILES string of the molecule is CCNC(CCC(C)OC)C(CC)CC. The molecule has 0 heterocycles. The second kappa shape index (κ2) is 9.17. The van der Waals surface area contributed by atoms with Crippen LogP contribution in [-0.4, -0.2) is 25.8 Å². The highest BCUT2D eigenvalue weighted by atomic mass is 16.5. The maximum atomic E-state index is 5.30. The molecule has 92 valence electrons. The van der Waals surface area contributed by atoms with Crippen molar-refractivity contribution in [3.63, 3.8) is 0 Å². The number of nitrogens with one attached hydrogen (secondary N) is 1. The Morgan fingerprint density at radius 3 is 2.07 bits per heavy atom. The molecule has 2 heteroatoms. The third-order valence-corrected chi connectivity index (χ3v) is 3.37. The van der Waals surface area contributed by atoms with E-state index in [4.69, 9.17) is 4.74 Å². The fourth-order valence-electron chi connectivity index (χ4n) is 2.16. The minimum Gasteiger partial charge on any atom is -0.382 e. The largest absolute Gasteiger partial charge is 0.382 e. The molecule has 0 aliphatic rings. The highest BCUT2D eigenvalue weighted by Gasteiger charge is 2.17. The zero-order chi connectivity index (χ0) is 11.7. The van der Waals surface area contributed by atoms with E-state index in [1.54, 1.807) is 7.11 Å². The van der Waals surface area contributed by atoms with Crippen LogP contribution in [0.15, 0.2) is 0 Å². The van der Waals surface area contributed by atoms with Crippen LogP contribution in [0.2, 0.25) is 0 Å². The predicted molar refractivity (Wildman–Crippen MR) is 67.2 cm³/mol. The van der Waals surface area contributed by atoms with E-state index in [9.17, 15) is 0 Å². The molecule has 0 aromatic heterocycles. The lowest BCUT2D eigenvalue weighted by atomic mass is 9.90. The summed E-state index contributed by atoms with van der Waals surface area (Å²) in [5, 5.41) is 3.61. The maximum Gasteiger partial charge on any atom is 0.0543 e. The van der Waals surface area contributed by atoms with Gasteiger partial charge in [-0.25, -0.2) is 0 Å². The van der Waals surface area contributed by atoms with Crippen LogP contribution in [0, 0.1) is 5.92 Å². The van der Waals surface area contributed by atoms with Crippen LogP contribution < -0.4 is 5.32 Å². The average molecular weight is 215 g/mol. The molecule has 0 aliphatic carbocycles. The Morgan fingerprint density at radius 2 is 1.67 bits per heavy atom. The molecule has 0 radical (unpaired) electrons.